The standard InChI is InChI=1S/C12H11ClFNO3/c13-8-2-1-3-9(14)11(8)6-4-7(6)12(18)15-5-10(16)17/h1-3,6-7H,4-5H2,(H,15,18)(H,16,17)/t6-,7-/m1/s1. The van der Waals surface area contributed by atoms with Crippen molar-refractivity contribution in [3.8, 4) is 0 Å². The Hall–Kier alpha value is -1.62. The molecule has 1 fully saturated rings. The van der Waals surface area contributed by atoms with Gasteiger partial charge >= 0.3 is 5.97 Å². The molecule has 1 aliphatic carbocycles. The summed E-state index contributed by atoms with van der Waals surface area (Å²) in [5.74, 6) is -2.56. The Balaban J connectivity index is 2.03. The molecule has 0 radical (unpaired) electrons. The maximum atomic E-state index is 13.6. The second-order valence-electron chi connectivity index (χ2n) is 4.20. The Bertz CT molecular complexity index is 486. The highest BCUT2D eigenvalue weighted by atomic mass is 35.5. The number of hydrogen-bond donors (Lipinski definition) is 2. The van der Waals surface area contributed by atoms with Gasteiger partial charge in [-0.1, -0.05) is 17.7 Å². The van der Waals surface area contributed by atoms with Gasteiger partial charge in [-0.25, -0.2) is 4.39 Å². The van der Waals surface area contributed by atoms with Crippen LogP contribution in [0.1, 0.15) is 17.9 Å². The summed E-state index contributed by atoms with van der Waals surface area (Å²) >= 11 is 5.90. The fourth-order valence-corrected chi connectivity index (χ4v) is 2.27. The van der Waals surface area contributed by atoms with Crippen molar-refractivity contribution in [2.45, 2.75) is 12.3 Å². The normalized spacial score (nSPS) is 21.4. The SMILES string of the molecule is O=C(O)CNC(=O)[C@@H]1C[C@H]1c1c(F)cccc1Cl. The number of amides is 1. The van der Waals surface area contributed by atoms with Crippen LogP contribution in [0, 0.1) is 11.7 Å². The third kappa shape index (κ3) is 2.61. The summed E-state index contributed by atoms with van der Waals surface area (Å²) < 4.78 is 13.6. The van der Waals surface area contributed by atoms with Crippen LogP contribution in [-0.4, -0.2) is 23.5 Å². The van der Waals surface area contributed by atoms with Crippen LogP contribution in [0.5, 0.6) is 0 Å². The number of carboxylic acid groups (broad SMARTS) is 1. The molecule has 4 nitrogen and oxygen atoms in total. The third-order valence-corrected chi connectivity index (χ3v) is 3.24. The predicted molar refractivity (Wildman–Crippen MR) is 62.9 cm³/mol. The van der Waals surface area contributed by atoms with Gasteiger partial charge in [-0.15, -0.1) is 0 Å². The number of carbonyl (C=O) groups is 2. The first-order valence-electron chi connectivity index (χ1n) is 5.44. The first kappa shape index (κ1) is 12.8. The van der Waals surface area contributed by atoms with Crippen LogP contribution in [0.3, 0.4) is 0 Å². The maximum absolute atomic E-state index is 13.6. The quantitative estimate of drug-likeness (QED) is 0.877. The fraction of sp³-hybridized carbons (Fsp3) is 0.333. The Labute approximate surface area is 108 Å². The van der Waals surface area contributed by atoms with E-state index in [1.54, 1.807) is 6.07 Å². The zero-order chi connectivity index (χ0) is 13.3. The molecular weight excluding hydrogens is 261 g/mol. The molecule has 0 saturated heterocycles. The Morgan fingerprint density at radius 2 is 2.22 bits per heavy atom. The van der Waals surface area contributed by atoms with Gasteiger partial charge in [0.2, 0.25) is 5.91 Å². The molecule has 1 aromatic rings. The molecule has 18 heavy (non-hydrogen) atoms. The van der Waals surface area contributed by atoms with Crippen LogP contribution in [0.25, 0.3) is 0 Å². The number of hydrogen-bond acceptors (Lipinski definition) is 2. The van der Waals surface area contributed by atoms with Crippen molar-refractivity contribution < 1.29 is 19.1 Å². The van der Waals surface area contributed by atoms with E-state index in [-0.39, 0.29) is 11.8 Å². The first-order chi connectivity index (χ1) is 8.50. The average Bonchev–Trinajstić information content (AvgIpc) is 3.06. The van der Waals surface area contributed by atoms with Crippen LogP contribution in [0.4, 0.5) is 4.39 Å². The molecule has 0 spiro atoms. The summed E-state index contributed by atoms with van der Waals surface area (Å²) in [6.45, 7) is -0.424. The summed E-state index contributed by atoms with van der Waals surface area (Å²) in [6, 6.07) is 4.37. The van der Waals surface area contributed by atoms with E-state index in [0.717, 1.165) is 0 Å². The number of carboxylic acids is 1. The molecule has 0 aromatic heterocycles. The summed E-state index contributed by atoms with van der Waals surface area (Å²) in [7, 11) is 0. The molecule has 2 atom stereocenters. The van der Waals surface area contributed by atoms with Crippen molar-refractivity contribution in [3.05, 3.63) is 34.6 Å². The lowest BCUT2D eigenvalue weighted by Crippen LogP contribution is -2.30. The van der Waals surface area contributed by atoms with E-state index >= 15 is 0 Å². The van der Waals surface area contributed by atoms with Gasteiger partial charge in [0.25, 0.3) is 0 Å². The van der Waals surface area contributed by atoms with Gasteiger partial charge in [0.05, 0.1) is 0 Å². The zero-order valence-electron chi connectivity index (χ0n) is 9.32. The monoisotopic (exact) mass is 271 g/mol. The lowest BCUT2D eigenvalue weighted by molar-refractivity contribution is -0.138. The Morgan fingerprint density at radius 3 is 2.83 bits per heavy atom. The van der Waals surface area contributed by atoms with E-state index in [0.29, 0.717) is 17.0 Å². The van der Waals surface area contributed by atoms with Gasteiger partial charge in [-0.05, 0) is 18.6 Å². The molecule has 2 N–H and O–H groups in total. The van der Waals surface area contributed by atoms with Crippen LogP contribution >= 0.6 is 11.6 Å². The molecule has 6 heteroatoms. The molecule has 1 aromatic carbocycles. The van der Waals surface area contributed by atoms with E-state index < -0.39 is 24.2 Å². The number of benzene rings is 1. The molecule has 0 bridgehead atoms. The third-order valence-electron chi connectivity index (χ3n) is 2.91. The second-order valence-corrected chi connectivity index (χ2v) is 4.60. The van der Waals surface area contributed by atoms with Crippen molar-refractivity contribution >= 4 is 23.5 Å². The fourth-order valence-electron chi connectivity index (χ4n) is 1.96. The molecule has 0 unspecified atom stereocenters. The number of rotatable bonds is 4. The molecule has 96 valence electrons. The largest absolute Gasteiger partial charge is 0.480 e. The van der Waals surface area contributed by atoms with Crippen molar-refractivity contribution in [1.29, 1.82) is 0 Å². The van der Waals surface area contributed by atoms with Crippen molar-refractivity contribution in [2.24, 2.45) is 5.92 Å². The highest BCUT2D eigenvalue weighted by Crippen LogP contribution is 2.50. The van der Waals surface area contributed by atoms with Crippen molar-refractivity contribution in [1.82, 2.24) is 5.32 Å². The van der Waals surface area contributed by atoms with E-state index in [9.17, 15) is 14.0 Å². The number of aliphatic carboxylic acids is 1. The van der Waals surface area contributed by atoms with Gasteiger partial charge in [0.15, 0.2) is 0 Å². The summed E-state index contributed by atoms with van der Waals surface area (Å²) in [5, 5.41) is 11.0. The Kier molecular flexibility index (Phi) is 3.52. The minimum atomic E-state index is -1.11. The average molecular weight is 272 g/mol. The summed E-state index contributed by atoms with van der Waals surface area (Å²) in [4.78, 5) is 21.9. The van der Waals surface area contributed by atoms with Crippen LogP contribution in [0.2, 0.25) is 5.02 Å². The second kappa shape index (κ2) is 4.94. The van der Waals surface area contributed by atoms with Crippen LogP contribution in [-0.2, 0) is 9.59 Å². The zero-order valence-corrected chi connectivity index (χ0v) is 10.1. The van der Waals surface area contributed by atoms with E-state index in [4.69, 9.17) is 16.7 Å². The summed E-state index contributed by atoms with van der Waals surface area (Å²) in [6.07, 6.45) is 0.492. The number of nitrogens with one attached hydrogen (secondary N) is 1. The minimum absolute atomic E-state index is 0.257. The van der Waals surface area contributed by atoms with Crippen LogP contribution < -0.4 is 5.32 Å². The lowest BCUT2D eigenvalue weighted by Gasteiger charge is -2.05. The van der Waals surface area contributed by atoms with E-state index in [1.807, 2.05) is 0 Å². The van der Waals surface area contributed by atoms with E-state index in [1.165, 1.54) is 12.1 Å². The van der Waals surface area contributed by atoms with Gasteiger partial charge < -0.3 is 10.4 Å². The molecule has 0 aliphatic heterocycles. The van der Waals surface area contributed by atoms with Gasteiger partial charge in [-0.3, -0.25) is 9.59 Å². The highest BCUT2D eigenvalue weighted by molar-refractivity contribution is 6.31. The first-order valence-corrected chi connectivity index (χ1v) is 5.82. The van der Waals surface area contributed by atoms with Crippen molar-refractivity contribution in [3.63, 3.8) is 0 Å². The van der Waals surface area contributed by atoms with Gasteiger partial charge in [0, 0.05) is 22.4 Å². The number of halogens is 2. The molecule has 1 aliphatic rings. The lowest BCUT2D eigenvalue weighted by atomic mass is 10.1. The maximum Gasteiger partial charge on any atom is 0.322 e. The Morgan fingerprint density at radius 1 is 1.50 bits per heavy atom. The highest BCUT2D eigenvalue weighted by Gasteiger charge is 2.46. The smallest absolute Gasteiger partial charge is 0.322 e. The molecule has 2 rings (SSSR count). The summed E-state index contributed by atoms with van der Waals surface area (Å²) in [5.41, 5.74) is 0.342. The molecule has 1 amide bonds. The van der Waals surface area contributed by atoms with Gasteiger partial charge in [0.1, 0.15) is 12.4 Å². The number of carbonyl (C=O) groups excluding carboxylic acids is 1. The molecular formula is C12H11ClFNO3. The van der Waals surface area contributed by atoms with Gasteiger partial charge in [-0.2, -0.15) is 0 Å². The topological polar surface area (TPSA) is 66.4 Å². The van der Waals surface area contributed by atoms with E-state index in [2.05, 4.69) is 5.32 Å². The van der Waals surface area contributed by atoms with Crippen molar-refractivity contribution in [2.75, 3.05) is 6.54 Å². The molecule has 1 saturated carbocycles. The minimum Gasteiger partial charge on any atom is -0.480 e. The van der Waals surface area contributed by atoms with Crippen LogP contribution in [0.15, 0.2) is 18.2 Å². The predicted octanol–water partition coefficient (Wildman–Crippen LogP) is 1.78. The molecule has 0 heterocycles.